The molecule has 34 heavy (non-hydrogen) atoms. The summed E-state index contributed by atoms with van der Waals surface area (Å²) >= 11 is 0. The van der Waals surface area contributed by atoms with Crippen molar-refractivity contribution in [1.29, 1.82) is 0 Å². The molecule has 0 N–H and O–H groups in total. The van der Waals surface area contributed by atoms with Crippen molar-refractivity contribution in [1.82, 2.24) is 19.1 Å². The first kappa shape index (κ1) is 21.5. The van der Waals surface area contributed by atoms with Gasteiger partial charge in [0.05, 0.1) is 17.2 Å². The van der Waals surface area contributed by atoms with E-state index in [9.17, 15) is 14.7 Å². The Bertz CT molecular complexity index is 1320. The van der Waals surface area contributed by atoms with Gasteiger partial charge in [-0.05, 0) is 42.2 Å². The van der Waals surface area contributed by atoms with E-state index in [4.69, 9.17) is 9.26 Å². The number of nitrogens with zero attached hydrogens (tertiary/aromatic N) is 5. The quantitative estimate of drug-likeness (QED) is 0.200. The van der Waals surface area contributed by atoms with Crippen LogP contribution in [-0.2, 0) is 22.6 Å². The van der Waals surface area contributed by atoms with Gasteiger partial charge in [0, 0.05) is 56.6 Å². The molecule has 1 aliphatic carbocycles. The third-order valence-electron chi connectivity index (χ3n) is 6.39. The van der Waals surface area contributed by atoms with Gasteiger partial charge in [-0.25, -0.2) is 9.34 Å². The minimum absolute atomic E-state index is 0.0914. The van der Waals surface area contributed by atoms with Crippen LogP contribution in [0.4, 0.5) is 5.69 Å². The Morgan fingerprint density at radius 2 is 1.88 bits per heavy atom. The first-order valence-electron chi connectivity index (χ1n) is 11.3. The van der Waals surface area contributed by atoms with E-state index in [1.165, 1.54) is 6.07 Å². The molecule has 10 nitrogen and oxygen atoms in total. The smallest absolute Gasteiger partial charge is 0.346 e. The van der Waals surface area contributed by atoms with Crippen LogP contribution >= 0.6 is 7.67 Å². The van der Waals surface area contributed by atoms with Gasteiger partial charge in [0.2, 0.25) is 5.75 Å². The van der Waals surface area contributed by atoms with Gasteiger partial charge in [0.25, 0.3) is 0 Å². The molecule has 0 unspecified atom stereocenters. The molecule has 11 heteroatoms. The topological polar surface area (TPSA) is 103 Å². The van der Waals surface area contributed by atoms with Crippen molar-refractivity contribution < 1.29 is 18.7 Å². The van der Waals surface area contributed by atoms with E-state index < -0.39 is 12.6 Å². The van der Waals surface area contributed by atoms with Crippen LogP contribution in [-0.4, -0.2) is 50.2 Å². The van der Waals surface area contributed by atoms with E-state index >= 15 is 0 Å². The molecule has 2 saturated heterocycles. The monoisotopic (exact) mass is 481 g/mol. The molecule has 2 aliphatic heterocycles. The number of nitro benzene ring substituents is 1. The van der Waals surface area contributed by atoms with Gasteiger partial charge in [0.15, 0.2) is 0 Å². The molecule has 6 rings (SSSR count). The number of nitro groups is 1. The number of hydrogen-bond acceptors (Lipinski definition) is 6. The fraction of sp³-hybridized carbons (Fsp3) is 0.348. The maximum absolute atomic E-state index is 13.5. The number of benzene rings is 2. The first-order chi connectivity index (χ1) is 16.4. The molecular weight excluding hydrogens is 457 g/mol. The minimum atomic E-state index is -3.01. The van der Waals surface area contributed by atoms with E-state index in [-0.39, 0.29) is 17.5 Å². The summed E-state index contributed by atoms with van der Waals surface area (Å²) in [7, 11) is -1.17. The van der Waals surface area contributed by atoms with Gasteiger partial charge in [0.1, 0.15) is 5.75 Å². The largest absolute Gasteiger partial charge is 0.450 e. The summed E-state index contributed by atoms with van der Waals surface area (Å²) in [6, 6.07) is 10.6. The van der Waals surface area contributed by atoms with Gasteiger partial charge in [-0.1, -0.05) is 12.1 Å². The first-order valence-corrected chi connectivity index (χ1v) is 12.8. The number of aromatic nitrogens is 2. The lowest BCUT2D eigenvalue weighted by molar-refractivity contribution is -0.385. The molecular formula is C23H24N5O5P. The SMILES string of the molecule is Cn1cc(-c2cccc(Oc3c([N+](=O)[O-])ccc4c3CC[C@@H]4OP(=O)(N3CC3)N3CC3)c2)cn1. The third kappa shape index (κ3) is 3.82. The second kappa shape index (κ2) is 8.02. The fourth-order valence-corrected chi connectivity index (χ4v) is 6.85. The average molecular weight is 481 g/mol. The second-order valence-corrected chi connectivity index (χ2v) is 11.1. The van der Waals surface area contributed by atoms with Crippen LogP contribution in [0.3, 0.4) is 0 Å². The summed E-state index contributed by atoms with van der Waals surface area (Å²) in [5, 5.41) is 16.0. The van der Waals surface area contributed by atoms with Crippen LogP contribution in [0.1, 0.15) is 23.7 Å². The Morgan fingerprint density at radius 3 is 2.53 bits per heavy atom. The highest BCUT2D eigenvalue weighted by atomic mass is 31.2. The van der Waals surface area contributed by atoms with Crippen molar-refractivity contribution in [2.45, 2.75) is 18.9 Å². The van der Waals surface area contributed by atoms with Gasteiger partial charge in [-0.2, -0.15) is 5.10 Å². The molecule has 0 radical (unpaired) electrons. The van der Waals surface area contributed by atoms with Crippen LogP contribution in [0.5, 0.6) is 11.5 Å². The van der Waals surface area contributed by atoms with Crippen LogP contribution in [0.2, 0.25) is 0 Å². The van der Waals surface area contributed by atoms with Crippen molar-refractivity contribution in [3.05, 3.63) is 70.0 Å². The number of rotatable bonds is 8. The van der Waals surface area contributed by atoms with E-state index in [0.29, 0.717) is 18.6 Å². The molecule has 0 spiro atoms. The standard InChI is InChI=1S/C23H24N5O5P/c1-25-15-17(14-24-25)16-3-2-4-18(13-16)32-23-20-6-8-22(19(20)5-7-21(23)28(29)30)33-34(31,26-9-10-26)27-11-12-27/h2-5,7,13-15,22H,6,8-12H2,1H3/t22-/m0/s1. The summed E-state index contributed by atoms with van der Waals surface area (Å²) in [5.41, 5.74) is 3.29. The highest BCUT2D eigenvalue weighted by Crippen LogP contribution is 2.64. The van der Waals surface area contributed by atoms with Crippen LogP contribution in [0, 0.1) is 10.1 Å². The minimum Gasteiger partial charge on any atom is -0.450 e. The summed E-state index contributed by atoms with van der Waals surface area (Å²) in [6.45, 7) is 3.09. The lowest BCUT2D eigenvalue weighted by atomic mass is 10.1. The Hall–Kier alpha value is -3.04. The van der Waals surface area contributed by atoms with E-state index in [2.05, 4.69) is 5.10 Å². The maximum atomic E-state index is 13.5. The molecule has 176 valence electrons. The Morgan fingerprint density at radius 1 is 1.12 bits per heavy atom. The van der Waals surface area contributed by atoms with Gasteiger partial charge >= 0.3 is 13.4 Å². The summed E-state index contributed by atoms with van der Waals surface area (Å²) in [5.74, 6) is 0.728. The fourth-order valence-electron chi connectivity index (χ4n) is 4.49. The van der Waals surface area contributed by atoms with Crippen molar-refractivity contribution >= 4 is 13.4 Å². The summed E-state index contributed by atoms with van der Waals surface area (Å²) < 4.78 is 31.4. The van der Waals surface area contributed by atoms with Crippen molar-refractivity contribution in [3.63, 3.8) is 0 Å². The van der Waals surface area contributed by atoms with E-state index in [0.717, 1.165) is 48.4 Å². The zero-order valence-electron chi connectivity index (χ0n) is 18.7. The number of ether oxygens (including phenoxy) is 1. The molecule has 2 fully saturated rings. The number of hydrogen-bond donors (Lipinski definition) is 0. The van der Waals surface area contributed by atoms with Crippen molar-refractivity contribution in [2.24, 2.45) is 7.05 Å². The van der Waals surface area contributed by atoms with Crippen LogP contribution in [0.15, 0.2) is 48.8 Å². The van der Waals surface area contributed by atoms with Gasteiger partial charge in [-0.3, -0.25) is 23.9 Å². The summed E-state index contributed by atoms with van der Waals surface area (Å²) in [4.78, 5) is 11.4. The van der Waals surface area contributed by atoms with Crippen molar-refractivity contribution in [2.75, 3.05) is 26.2 Å². The lowest BCUT2D eigenvalue weighted by Crippen LogP contribution is -2.11. The number of aryl methyl sites for hydroxylation is 1. The number of fused-ring (bicyclic) bond motifs is 1. The van der Waals surface area contributed by atoms with Crippen LogP contribution in [0.25, 0.3) is 11.1 Å². The molecule has 3 aromatic rings. The van der Waals surface area contributed by atoms with E-state index in [1.807, 2.05) is 40.8 Å². The molecule has 0 amide bonds. The predicted molar refractivity (Wildman–Crippen MR) is 125 cm³/mol. The zero-order valence-corrected chi connectivity index (χ0v) is 19.6. The molecule has 0 bridgehead atoms. The molecule has 2 aromatic carbocycles. The highest BCUT2D eigenvalue weighted by molar-refractivity contribution is 7.54. The van der Waals surface area contributed by atoms with Gasteiger partial charge in [-0.15, -0.1) is 0 Å². The summed E-state index contributed by atoms with van der Waals surface area (Å²) in [6.07, 6.45) is 4.43. The van der Waals surface area contributed by atoms with Crippen LogP contribution < -0.4 is 4.74 Å². The van der Waals surface area contributed by atoms with Gasteiger partial charge < -0.3 is 4.74 Å². The van der Waals surface area contributed by atoms with E-state index in [1.54, 1.807) is 23.0 Å². The Labute approximate surface area is 196 Å². The molecule has 1 atom stereocenters. The normalized spacial score (nSPS) is 19.7. The Kier molecular flexibility index (Phi) is 5.07. The molecule has 3 aliphatic rings. The molecule has 3 heterocycles. The molecule has 0 saturated carbocycles. The zero-order chi connectivity index (χ0) is 23.4. The second-order valence-electron chi connectivity index (χ2n) is 8.80. The van der Waals surface area contributed by atoms with Crippen molar-refractivity contribution in [3.8, 4) is 22.6 Å². The lowest BCUT2D eigenvalue weighted by Gasteiger charge is -2.24. The average Bonchev–Trinajstić information content (AvgIpc) is 3.75. The highest BCUT2D eigenvalue weighted by Gasteiger charge is 2.51. The maximum Gasteiger partial charge on any atom is 0.346 e. The third-order valence-corrected chi connectivity index (χ3v) is 9.15. The Balaban J connectivity index is 1.33. The predicted octanol–water partition coefficient (Wildman–Crippen LogP) is 4.53. The molecule has 1 aromatic heterocycles.